The molecule has 132 valence electrons. The molecule has 0 N–H and O–H groups in total. The van der Waals surface area contributed by atoms with Gasteiger partial charge in [-0.05, 0) is 34.0 Å². The maximum absolute atomic E-state index is 12.1. The van der Waals surface area contributed by atoms with Crippen LogP contribution in [0.3, 0.4) is 0 Å². The number of hydrogen-bond donors (Lipinski definition) is 0. The molecule has 0 saturated carbocycles. The Hall–Kier alpha value is -2.72. The highest BCUT2D eigenvalue weighted by atomic mass is 32.2. The number of carbonyl (C=O) groups is 1. The fourth-order valence-corrected chi connectivity index (χ4v) is 3.73. The number of hydrogen-bond acceptors (Lipinski definition) is 4. The highest BCUT2D eigenvalue weighted by Gasteiger charge is 2.16. The standard InChI is InChI=1S/C22H20O3S/c1-24-14-21(22(23)25-2)20-10-6-5-9-18(20)15-26-19-12-11-16-7-3-4-8-17(16)13-19/h3-14H,15H2,1-2H3. The molecule has 0 radical (unpaired) electrons. The van der Waals surface area contributed by atoms with Crippen LogP contribution in [0.5, 0.6) is 0 Å². The normalized spacial score (nSPS) is 11.4. The number of carbonyl (C=O) groups excluding carboxylic acids is 1. The topological polar surface area (TPSA) is 35.5 Å². The molecule has 26 heavy (non-hydrogen) atoms. The van der Waals surface area contributed by atoms with E-state index in [-0.39, 0.29) is 0 Å². The largest absolute Gasteiger partial charge is 0.503 e. The van der Waals surface area contributed by atoms with Gasteiger partial charge in [0.15, 0.2) is 0 Å². The summed E-state index contributed by atoms with van der Waals surface area (Å²) in [6.07, 6.45) is 1.44. The lowest BCUT2D eigenvalue weighted by molar-refractivity contribution is -0.133. The van der Waals surface area contributed by atoms with Crippen molar-refractivity contribution in [1.82, 2.24) is 0 Å². The summed E-state index contributed by atoms with van der Waals surface area (Å²) >= 11 is 1.74. The molecule has 4 heteroatoms. The molecule has 0 spiro atoms. The summed E-state index contributed by atoms with van der Waals surface area (Å²) in [7, 11) is 2.90. The summed E-state index contributed by atoms with van der Waals surface area (Å²) in [5.41, 5.74) is 2.30. The van der Waals surface area contributed by atoms with E-state index in [2.05, 4.69) is 30.3 Å². The summed E-state index contributed by atoms with van der Waals surface area (Å²) in [5.74, 6) is 0.335. The predicted molar refractivity (Wildman–Crippen MR) is 107 cm³/mol. The van der Waals surface area contributed by atoms with Crippen LogP contribution in [0.4, 0.5) is 0 Å². The molecule has 0 unspecified atom stereocenters. The fourth-order valence-electron chi connectivity index (χ4n) is 2.78. The van der Waals surface area contributed by atoms with Gasteiger partial charge in [-0.25, -0.2) is 4.79 Å². The molecule has 3 nitrogen and oxygen atoms in total. The van der Waals surface area contributed by atoms with Crippen molar-refractivity contribution in [1.29, 1.82) is 0 Å². The van der Waals surface area contributed by atoms with Crippen LogP contribution in [-0.2, 0) is 20.0 Å². The number of esters is 1. The Morgan fingerprint density at radius 2 is 1.69 bits per heavy atom. The molecule has 3 aromatic carbocycles. The molecule has 0 aromatic heterocycles. The van der Waals surface area contributed by atoms with E-state index in [1.807, 2.05) is 36.4 Å². The van der Waals surface area contributed by atoms with Crippen molar-refractivity contribution in [3.8, 4) is 0 Å². The van der Waals surface area contributed by atoms with Crippen molar-refractivity contribution in [3.63, 3.8) is 0 Å². The van der Waals surface area contributed by atoms with Gasteiger partial charge in [0.25, 0.3) is 0 Å². The van der Waals surface area contributed by atoms with Crippen LogP contribution < -0.4 is 0 Å². The minimum absolute atomic E-state index is 0.407. The molecule has 0 aliphatic carbocycles. The average Bonchev–Trinajstić information content (AvgIpc) is 2.70. The lowest BCUT2D eigenvalue weighted by atomic mass is 10.0. The maximum atomic E-state index is 12.1. The van der Waals surface area contributed by atoms with Crippen LogP contribution >= 0.6 is 11.8 Å². The number of thioether (sulfide) groups is 1. The lowest BCUT2D eigenvalue weighted by Gasteiger charge is -2.11. The first-order chi connectivity index (χ1) is 12.7. The quantitative estimate of drug-likeness (QED) is 0.258. The van der Waals surface area contributed by atoms with Crippen LogP contribution in [0.15, 0.2) is 77.9 Å². The number of rotatable bonds is 6. The molecule has 0 heterocycles. The van der Waals surface area contributed by atoms with E-state index in [1.54, 1.807) is 11.8 Å². The molecule has 0 fully saturated rings. The highest BCUT2D eigenvalue weighted by molar-refractivity contribution is 7.98. The first-order valence-corrected chi connectivity index (χ1v) is 9.22. The Morgan fingerprint density at radius 3 is 2.46 bits per heavy atom. The Bertz CT molecular complexity index is 947. The van der Waals surface area contributed by atoms with Gasteiger partial charge in [-0.15, -0.1) is 11.8 Å². The van der Waals surface area contributed by atoms with E-state index in [0.717, 1.165) is 16.9 Å². The van der Waals surface area contributed by atoms with Gasteiger partial charge in [-0.1, -0.05) is 54.6 Å². The van der Waals surface area contributed by atoms with Crippen molar-refractivity contribution in [3.05, 3.63) is 84.1 Å². The smallest absolute Gasteiger partial charge is 0.341 e. The second-order valence-electron chi connectivity index (χ2n) is 5.71. The number of fused-ring (bicyclic) bond motifs is 1. The lowest BCUT2D eigenvalue weighted by Crippen LogP contribution is -2.06. The van der Waals surface area contributed by atoms with Crippen LogP contribution in [-0.4, -0.2) is 20.2 Å². The molecular formula is C22H20O3S. The third-order valence-corrected chi connectivity index (χ3v) is 5.11. The second kappa shape index (κ2) is 8.59. The summed E-state index contributed by atoms with van der Waals surface area (Å²) in [4.78, 5) is 13.3. The minimum Gasteiger partial charge on any atom is -0.503 e. The van der Waals surface area contributed by atoms with Gasteiger partial charge >= 0.3 is 5.97 Å². The minimum atomic E-state index is -0.407. The van der Waals surface area contributed by atoms with Gasteiger partial charge in [-0.2, -0.15) is 0 Å². The van der Waals surface area contributed by atoms with E-state index in [4.69, 9.17) is 9.47 Å². The SMILES string of the molecule is COC=C(C(=O)OC)c1ccccc1CSc1ccc2ccccc2c1. The summed E-state index contributed by atoms with van der Waals surface area (Å²) < 4.78 is 9.97. The number of methoxy groups -OCH3 is 2. The van der Waals surface area contributed by atoms with Crippen molar-refractivity contribution in [2.24, 2.45) is 0 Å². The fraction of sp³-hybridized carbons (Fsp3) is 0.136. The van der Waals surface area contributed by atoms with Crippen molar-refractivity contribution < 1.29 is 14.3 Å². The summed E-state index contributed by atoms with van der Waals surface area (Å²) in [5, 5.41) is 2.45. The maximum Gasteiger partial charge on any atom is 0.341 e. The summed E-state index contributed by atoms with van der Waals surface area (Å²) in [6.45, 7) is 0. The zero-order chi connectivity index (χ0) is 18.4. The van der Waals surface area contributed by atoms with E-state index >= 15 is 0 Å². The van der Waals surface area contributed by atoms with Gasteiger partial charge in [0.05, 0.1) is 20.5 Å². The van der Waals surface area contributed by atoms with Gasteiger partial charge in [0, 0.05) is 10.6 Å². The first-order valence-electron chi connectivity index (χ1n) is 8.24. The number of benzene rings is 3. The molecule has 0 amide bonds. The van der Waals surface area contributed by atoms with Crippen LogP contribution in [0.25, 0.3) is 16.3 Å². The summed E-state index contributed by atoms with van der Waals surface area (Å²) in [6, 6.07) is 22.6. The van der Waals surface area contributed by atoms with Crippen LogP contribution in [0, 0.1) is 0 Å². The Kier molecular flexibility index (Phi) is 5.97. The van der Waals surface area contributed by atoms with Crippen LogP contribution in [0.2, 0.25) is 0 Å². The molecule has 0 bridgehead atoms. The molecule has 3 aromatic rings. The monoisotopic (exact) mass is 364 g/mol. The molecule has 0 aliphatic rings. The van der Waals surface area contributed by atoms with Crippen molar-refractivity contribution in [2.75, 3.05) is 14.2 Å². The van der Waals surface area contributed by atoms with Crippen LogP contribution in [0.1, 0.15) is 11.1 Å². The van der Waals surface area contributed by atoms with E-state index in [9.17, 15) is 4.79 Å². The second-order valence-corrected chi connectivity index (χ2v) is 6.76. The average molecular weight is 364 g/mol. The van der Waals surface area contributed by atoms with E-state index in [0.29, 0.717) is 5.57 Å². The van der Waals surface area contributed by atoms with Crippen molar-refractivity contribution >= 4 is 34.1 Å². The Balaban J connectivity index is 1.85. The molecule has 0 saturated heterocycles. The molecule has 0 atom stereocenters. The van der Waals surface area contributed by atoms with E-state index < -0.39 is 5.97 Å². The van der Waals surface area contributed by atoms with E-state index in [1.165, 1.54) is 36.1 Å². The zero-order valence-electron chi connectivity index (χ0n) is 14.8. The molecular weight excluding hydrogens is 344 g/mol. The van der Waals surface area contributed by atoms with Gasteiger partial charge in [-0.3, -0.25) is 0 Å². The van der Waals surface area contributed by atoms with Gasteiger partial charge < -0.3 is 9.47 Å². The Morgan fingerprint density at radius 1 is 0.962 bits per heavy atom. The Labute approximate surface area is 157 Å². The first kappa shape index (κ1) is 18.1. The van der Waals surface area contributed by atoms with Gasteiger partial charge in [0.2, 0.25) is 0 Å². The number of ether oxygens (including phenoxy) is 2. The third-order valence-electron chi connectivity index (χ3n) is 4.06. The third kappa shape index (κ3) is 4.09. The molecule has 3 rings (SSSR count). The zero-order valence-corrected chi connectivity index (χ0v) is 15.6. The highest BCUT2D eigenvalue weighted by Crippen LogP contribution is 2.30. The predicted octanol–water partition coefficient (Wildman–Crippen LogP) is 5.29. The molecule has 0 aliphatic heterocycles. The van der Waals surface area contributed by atoms with Crippen molar-refractivity contribution in [2.45, 2.75) is 10.6 Å². The van der Waals surface area contributed by atoms with Gasteiger partial charge in [0.1, 0.15) is 5.57 Å².